The van der Waals surface area contributed by atoms with Crippen LogP contribution in [0.2, 0.25) is 0 Å². The van der Waals surface area contributed by atoms with Crippen LogP contribution in [-0.4, -0.2) is 52.4 Å². The van der Waals surface area contributed by atoms with Crippen molar-refractivity contribution in [1.29, 1.82) is 5.26 Å². The summed E-state index contributed by atoms with van der Waals surface area (Å²) in [5.41, 5.74) is 1.55. The number of aromatic nitrogens is 2. The normalized spacial score (nSPS) is 15.6. The Kier molecular flexibility index (Phi) is 7.24. The molecule has 0 aliphatic heterocycles. The zero-order valence-corrected chi connectivity index (χ0v) is 20.0. The summed E-state index contributed by atoms with van der Waals surface area (Å²) in [6.45, 7) is 2.07. The van der Waals surface area contributed by atoms with Gasteiger partial charge in [0.15, 0.2) is 0 Å². The zero-order valence-electron chi connectivity index (χ0n) is 20.0. The summed E-state index contributed by atoms with van der Waals surface area (Å²) in [5, 5.41) is 35.4. The molecule has 2 aromatic carbocycles. The Bertz CT molecular complexity index is 1250. The second kappa shape index (κ2) is 10.3. The van der Waals surface area contributed by atoms with Crippen LogP contribution in [0.15, 0.2) is 30.5 Å². The first kappa shape index (κ1) is 24.5. The summed E-state index contributed by atoms with van der Waals surface area (Å²) in [5.74, 6) is -0.0222. The molecule has 1 aliphatic carbocycles. The quantitative estimate of drug-likeness (QED) is 0.472. The first-order valence-corrected chi connectivity index (χ1v) is 11.6. The van der Waals surface area contributed by atoms with Gasteiger partial charge in [0.05, 0.1) is 32.4 Å². The van der Waals surface area contributed by atoms with E-state index in [1.165, 1.54) is 6.07 Å². The van der Waals surface area contributed by atoms with Crippen LogP contribution in [0, 0.1) is 18.3 Å². The van der Waals surface area contributed by atoms with E-state index in [1.807, 2.05) is 13.0 Å². The first-order valence-electron chi connectivity index (χ1n) is 11.6. The van der Waals surface area contributed by atoms with Crippen LogP contribution in [0.3, 0.4) is 0 Å². The summed E-state index contributed by atoms with van der Waals surface area (Å²) in [4.78, 5) is 11.8. The highest BCUT2D eigenvalue weighted by Crippen LogP contribution is 2.35. The van der Waals surface area contributed by atoms with Gasteiger partial charge in [0.2, 0.25) is 0 Å². The molecule has 1 aliphatic rings. The molecule has 2 atom stereocenters. The molecule has 35 heavy (non-hydrogen) atoms. The van der Waals surface area contributed by atoms with E-state index in [9.17, 15) is 20.3 Å². The van der Waals surface area contributed by atoms with Crippen LogP contribution in [0.4, 0.5) is 0 Å². The zero-order chi connectivity index (χ0) is 25.1. The molecule has 184 valence electrons. The molecular formula is C26H29N3O6. The van der Waals surface area contributed by atoms with E-state index < -0.39 is 18.2 Å². The minimum absolute atomic E-state index is 0.0219. The molecule has 1 heterocycles. The summed E-state index contributed by atoms with van der Waals surface area (Å²) < 4.78 is 18.9. The van der Waals surface area contributed by atoms with E-state index in [2.05, 4.69) is 5.10 Å². The lowest BCUT2D eigenvalue weighted by Gasteiger charge is -2.27. The Hall–Kier alpha value is -3.61. The molecule has 2 unspecified atom stereocenters. The van der Waals surface area contributed by atoms with Crippen molar-refractivity contribution in [1.82, 2.24) is 9.78 Å². The van der Waals surface area contributed by atoms with Crippen molar-refractivity contribution >= 4 is 16.9 Å². The monoisotopic (exact) mass is 479 g/mol. The largest absolute Gasteiger partial charge is 0.496 e. The molecule has 1 aromatic heterocycles. The lowest BCUT2D eigenvalue weighted by atomic mass is 10.0. The standard InChI is InChI=1S/C26H29N3O6/c1-15-20(33-2)10-18(11-21(15)34-3)25(30)22(35-19-6-4-5-7-19)14-29-13-17-9-8-16(12-27)23(26(31)32)24(17)28-29/h8-11,13,19,22,25,30H,4-7,14H2,1-3H3,(H,31,32). The average Bonchev–Trinajstić information content (AvgIpc) is 3.51. The van der Waals surface area contributed by atoms with Crippen LogP contribution in [-0.2, 0) is 11.3 Å². The number of fused-ring (bicyclic) bond motifs is 1. The highest BCUT2D eigenvalue weighted by atomic mass is 16.5. The second-order valence-electron chi connectivity index (χ2n) is 8.77. The number of hydrogen-bond donors (Lipinski definition) is 2. The van der Waals surface area contributed by atoms with E-state index in [0.717, 1.165) is 31.2 Å². The molecule has 1 saturated carbocycles. The number of aliphatic hydroxyl groups excluding tert-OH is 1. The number of aromatic carboxylic acids is 1. The van der Waals surface area contributed by atoms with Gasteiger partial charge in [-0.3, -0.25) is 4.68 Å². The number of nitrogens with zero attached hydrogens (tertiary/aromatic N) is 3. The minimum atomic E-state index is -1.21. The number of carboxylic acid groups (broad SMARTS) is 1. The predicted molar refractivity (Wildman–Crippen MR) is 128 cm³/mol. The van der Waals surface area contributed by atoms with Gasteiger partial charge in [-0.05, 0) is 49.6 Å². The van der Waals surface area contributed by atoms with Crippen molar-refractivity contribution < 1.29 is 29.2 Å². The van der Waals surface area contributed by atoms with Gasteiger partial charge in [-0.1, -0.05) is 12.8 Å². The fourth-order valence-electron chi connectivity index (χ4n) is 4.71. The van der Waals surface area contributed by atoms with Gasteiger partial charge in [-0.25, -0.2) is 4.79 Å². The lowest BCUT2D eigenvalue weighted by molar-refractivity contribution is -0.0845. The number of carbonyl (C=O) groups is 1. The van der Waals surface area contributed by atoms with Crippen molar-refractivity contribution in [2.45, 2.75) is 57.5 Å². The molecule has 0 amide bonds. The van der Waals surface area contributed by atoms with Gasteiger partial charge < -0.3 is 24.4 Å². The lowest BCUT2D eigenvalue weighted by Crippen LogP contribution is -2.31. The molecule has 0 saturated heterocycles. The molecule has 0 bridgehead atoms. The van der Waals surface area contributed by atoms with Gasteiger partial charge in [0.25, 0.3) is 0 Å². The summed E-state index contributed by atoms with van der Waals surface area (Å²) in [6, 6.07) is 8.61. The van der Waals surface area contributed by atoms with Crippen molar-refractivity contribution in [2.75, 3.05) is 14.2 Å². The van der Waals surface area contributed by atoms with Crippen LogP contribution >= 0.6 is 0 Å². The summed E-state index contributed by atoms with van der Waals surface area (Å²) >= 11 is 0. The highest BCUT2D eigenvalue weighted by Gasteiger charge is 2.29. The molecule has 2 N–H and O–H groups in total. The fraction of sp³-hybridized carbons (Fsp3) is 0.423. The Morgan fingerprint density at radius 3 is 2.46 bits per heavy atom. The maximum atomic E-state index is 11.8. The number of hydrogen-bond acceptors (Lipinski definition) is 7. The van der Waals surface area contributed by atoms with Crippen molar-refractivity contribution in [3.05, 3.63) is 52.7 Å². The predicted octanol–water partition coefficient (Wildman–Crippen LogP) is 3.99. The topological polar surface area (TPSA) is 127 Å². The number of nitriles is 1. The van der Waals surface area contributed by atoms with Gasteiger partial charge in [0.1, 0.15) is 40.9 Å². The van der Waals surface area contributed by atoms with E-state index in [4.69, 9.17) is 14.2 Å². The number of rotatable bonds is 9. The van der Waals surface area contributed by atoms with Crippen molar-refractivity contribution in [3.8, 4) is 17.6 Å². The fourth-order valence-corrected chi connectivity index (χ4v) is 4.71. The maximum absolute atomic E-state index is 11.8. The van der Waals surface area contributed by atoms with Crippen molar-refractivity contribution in [2.24, 2.45) is 0 Å². The molecule has 1 fully saturated rings. The Morgan fingerprint density at radius 2 is 1.89 bits per heavy atom. The molecule has 9 nitrogen and oxygen atoms in total. The third-order valence-electron chi connectivity index (χ3n) is 6.56. The van der Waals surface area contributed by atoms with Gasteiger partial charge in [0, 0.05) is 17.1 Å². The molecule has 0 radical (unpaired) electrons. The molecule has 0 spiro atoms. The first-order chi connectivity index (χ1) is 16.9. The van der Waals surface area contributed by atoms with Crippen LogP contribution in [0.1, 0.15) is 58.8 Å². The molecule has 3 aromatic rings. The van der Waals surface area contributed by atoms with E-state index >= 15 is 0 Å². The summed E-state index contributed by atoms with van der Waals surface area (Å²) in [6.07, 6.45) is 4.03. The van der Waals surface area contributed by atoms with Crippen molar-refractivity contribution in [3.63, 3.8) is 0 Å². The molecular weight excluding hydrogens is 450 g/mol. The van der Waals surface area contributed by atoms with Gasteiger partial charge in [-0.15, -0.1) is 0 Å². The third kappa shape index (κ3) is 4.94. The average molecular weight is 480 g/mol. The third-order valence-corrected chi connectivity index (χ3v) is 6.56. The Labute approximate surface area is 203 Å². The molecule has 4 rings (SSSR count). The molecule has 9 heteroatoms. The summed E-state index contributed by atoms with van der Waals surface area (Å²) in [7, 11) is 3.13. The Balaban J connectivity index is 1.71. The Morgan fingerprint density at radius 1 is 1.23 bits per heavy atom. The smallest absolute Gasteiger partial charge is 0.339 e. The van der Waals surface area contributed by atoms with Crippen LogP contribution < -0.4 is 9.47 Å². The highest BCUT2D eigenvalue weighted by molar-refractivity contribution is 6.04. The van der Waals surface area contributed by atoms with E-state index in [-0.39, 0.29) is 29.3 Å². The van der Waals surface area contributed by atoms with Gasteiger partial charge >= 0.3 is 5.97 Å². The number of aliphatic hydroxyl groups is 1. The van der Waals surface area contributed by atoms with Gasteiger partial charge in [-0.2, -0.15) is 10.4 Å². The number of ether oxygens (including phenoxy) is 3. The number of benzene rings is 2. The van der Waals surface area contributed by atoms with E-state index in [0.29, 0.717) is 22.4 Å². The minimum Gasteiger partial charge on any atom is -0.496 e. The second-order valence-corrected chi connectivity index (χ2v) is 8.77. The SMILES string of the molecule is COc1cc(C(O)C(Cn2cc3ccc(C#N)c(C(=O)O)c3n2)OC2CCCC2)cc(OC)c1C. The van der Waals surface area contributed by atoms with E-state index in [1.54, 1.807) is 43.3 Å². The van der Waals surface area contributed by atoms with Crippen LogP contribution in [0.25, 0.3) is 10.9 Å². The van der Waals surface area contributed by atoms with Crippen LogP contribution in [0.5, 0.6) is 11.5 Å². The maximum Gasteiger partial charge on any atom is 0.339 e. The number of methoxy groups -OCH3 is 2. The number of carboxylic acids is 1.